The van der Waals surface area contributed by atoms with Crippen molar-refractivity contribution in [1.82, 2.24) is 15.6 Å². The van der Waals surface area contributed by atoms with E-state index in [4.69, 9.17) is 0 Å². The van der Waals surface area contributed by atoms with Gasteiger partial charge in [0.2, 0.25) is 0 Å². The van der Waals surface area contributed by atoms with Crippen molar-refractivity contribution < 1.29 is 0 Å². The second-order valence-electron chi connectivity index (χ2n) is 4.37. The summed E-state index contributed by atoms with van der Waals surface area (Å²) in [7, 11) is 1.79. The maximum Gasteiger partial charge on any atom is 0.191 e. The molecule has 0 saturated carbocycles. The van der Waals surface area contributed by atoms with Gasteiger partial charge in [0.15, 0.2) is 5.96 Å². The Morgan fingerprint density at radius 2 is 1.95 bits per heavy atom. The molecule has 0 aliphatic heterocycles. The van der Waals surface area contributed by atoms with E-state index in [0.29, 0.717) is 6.54 Å². The Hall–Kier alpha value is -0.670. The van der Waals surface area contributed by atoms with Crippen LogP contribution in [0.25, 0.3) is 0 Å². The van der Waals surface area contributed by atoms with Crippen molar-refractivity contribution in [1.29, 1.82) is 0 Å². The molecule has 0 aliphatic carbocycles. The van der Waals surface area contributed by atoms with Crippen LogP contribution in [0.3, 0.4) is 0 Å². The molecule has 0 atom stereocenters. The highest BCUT2D eigenvalue weighted by Gasteiger charge is 2.03. The van der Waals surface area contributed by atoms with Gasteiger partial charge in [0, 0.05) is 27.9 Å². The number of rotatable bonds is 5. The summed E-state index contributed by atoms with van der Waals surface area (Å²) in [5.41, 5.74) is 0. The van der Waals surface area contributed by atoms with Crippen LogP contribution in [-0.4, -0.2) is 18.0 Å². The van der Waals surface area contributed by atoms with Gasteiger partial charge in [-0.1, -0.05) is 6.92 Å². The molecule has 4 nitrogen and oxygen atoms in total. The fourth-order valence-corrected chi connectivity index (χ4v) is 3.36. The zero-order valence-electron chi connectivity index (χ0n) is 12.5. The lowest BCUT2D eigenvalue weighted by Crippen LogP contribution is -2.36. The maximum absolute atomic E-state index is 4.39. The van der Waals surface area contributed by atoms with Gasteiger partial charge in [0.25, 0.3) is 0 Å². The molecule has 0 amide bonds. The molecule has 21 heavy (non-hydrogen) atoms. The lowest BCUT2D eigenvalue weighted by molar-refractivity contribution is 0.811. The standard InChI is InChI=1S/C14H20N4S2.HI/c1-4-11-7-16-13(20-11)9-18-14(15-3)17-8-12-6-5-10(2)19-12;/h5-7H,4,8-9H2,1-3H3,(H2,15,17,18);1H. The van der Waals surface area contributed by atoms with E-state index in [9.17, 15) is 0 Å². The monoisotopic (exact) mass is 436 g/mol. The molecule has 2 rings (SSSR count). The lowest BCUT2D eigenvalue weighted by Gasteiger charge is -2.09. The van der Waals surface area contributed by atoms with Gasteiger partial charge in [0.1, 0.15) is 5.01 Å². The predicted octanol–water partition coefficient (Wildman–Crippen LogP) is 3.56. The summed E-state index contributed by atoms with van der Waals surface area (Å²) in [6.45, 7) is 5.79. The molecule has 7 heteroatoms. The molecular weight excluding hydrogens is 415 g/mol. The quantitative estimate of drug-likeness (QED) is 0.428. The van der Waals surface area contributed by atoms with Crippen LogP contribution >= 0.6 is 46.7 Å². The second kappa shape index (κ2) is 9.37. The molecule has 0 unspecified atom stereocenters. The highest BCUT2D eigenvalue weighted by molar-refractivity contribution is 14.0. The van der Waals surface area contributed by atoms with Gasteiger partial charge in [-0.3, -0.25) is 4.99 Å². The summed E-state index contributed by atoms with van der Waals surface area (Å²) in [5, 5.41) is 7.70. The summed E-state index contributed by atoms with van der Waals surface area (Å²) in [5.74, 6) is 0.810. The molecular formula is C14H21IN4S2. The third-order valence-corrected chi connectivity index (χ3v) is 4.95. The van der Waals surface area contributed by atoms with Crippen LogP contribution < -0.4 is 10.6 Å². The molecule has 0 aromatic carbocycles. The SMILES string of the molecule is CCc1cnc(CNC(=NC)NCc2ccc(C)s2)s1.I. The van der Waals surface area contributed by atoms with Gasteiger partial charge >= 0.3 is 0 Å². The summed E-state index contributed by atoms with van der Waals surface area (Å²) in [4.78, 5) is 12.6. The highest BCUT2D eigenvalue weighted by atomic mass is 127. The van der Waals surface area contributed by atoms with Crippen LogP contribution in [0.15, 0.2) is 23.3 Å². The summed E-state index contributed by atoms with van der Waals surface area (Å²) < 4.78 is 0. The second-order valence-corrected chi connectivity index (χ2v) is 6.94. The Morgan fingerprint density at radius 3 is 2.52 bits per heavy atom. The molecule has 2 heterocycles. The number of thiophene rings is 1. The van der Waals surface area contributed by atoms with Gasteiger partial charge in [-0.25, -0.2) is 4.98 Å². The van der Waals surface area contributed by atoms with Gasteiger partial charge in [-0.15, -0.1) is 46.7 Å². The Balaban J connectivity index is 0.00000220. The summed E-state index contributed by atoms with van der Waals surface area (Å²) in [6.07, 6.45) is 2.99. The van der Waals surface area contributed by atoms with Crippen LogP contribution in [0.1, 0.15) is 26.6 Å². The zero-order chi connectivity index (χ0) is 14.4. The zero-order valence-corrected chi connectivity index (χ0v) is 16.4. The lowest BCUT2D eigenvalue weighted by atomic mass is 10.4. The Bertz CT molecular complexity index is 577. The molecule has 0 saturated heterocycles. The van der Waals surface area contributed by atoms with Crippen LogP contribution in [0, 0.1) is 6.92 Å². The molecule has 2 aromatic rings. The molecule has 2 aromatic heterocycles. The van der Waals surface area contributed by atoms with Gasteiger partial charge in [-0.2, -0.15) is 0 Å². The molecule has 0 bridgehead atoms. The first-order valence-corrected chi connectivity index (χ1v) is 8.28. The van der Waals surface area contributed by atoms with Crippen molar-refractivity contribution in [3.05, 3.63) is 38.0 Å². The van der Waals surface area contributed by atoms with Crippen molar-refractivity contribution in [2.24, 2.45) is 4.99 Å². The first kappa shape index (κ1) is 18.4. The number of hydrogen-bond donors (Lipinski definition) is 2. The van der Waals surface area contributed by atoms with Gasteiger partial charge in [-0.05, 0) is 25.5 Å². The highest BCUT2D eigenvalue weighted by Crippen LogP contribution is 2.14. The Labute approximate surface area is 151 Å². The number of nitrogens with zero attached hydrogens (tertiary/aromatic N) is 2. The van der Waals surface area contributed by atoms with Crippen LogP contribution in [0.4, 0.5) is 0 Å². The first-order chi connectivity index (χ1) is 9.71. The minimum atomic E-state index is 0. The third kappa shape index (κ3) is 5.91. The largest absolute Gasteiger partial charge is 0.352 e. The van der Waals surface area contributed by atoms with Gasteiger partial charge < -0.3 is 10.6 Å². The average molecular weight is 436 g/mol. The van der Waals surface area contributed by atoms with Crippen LogP contribution in [0.5, 0.6) is 0 Å². The number of halogens is 1. The number of guanidine groups is 1. The van der Waals surface area contributed by atoms with E-state index in [0.717, 1.165) is 23.9 Å². The smallest absolute Gasteiger partial charge is 0.191 e. The molecule has 0 fully saturated rings. The summed E-state index contributed by atoms with van der Waals surface area (Å²) >= 11 is 3.55. The minimum absolute atomic E-state index is 0. The molecule has 0 radical (unpaired) electrons. The Morgan fingerprint density at radius 1 is 1.19 bits per heavy atom. The fraction of sp³-hybridized carbons (Fsp3) is 0.429. The van der Waals surface area contributed by atoms with Crippen molar-refractivity contribution in [3.63, 3.8) is 0 Å². The molecule has 2 N–H and O–H groups in total. The van der Waals surface area contributed by atoms with Crippen molar-refractivity contribution in [2.45, 2.75) is 33.4 Å². The molecule has 116 valence electrons. The topological polar surface area (TPSA) is 49.3 Å². The first-order valence-electron chi connectivity index (χ1n) is 6.64. The number of thiazole rings is 1. The van der Waals surface area contributed by atoms with Crippen LogP contribution in [-0.2, 0) is 19.5 Å². The van der Waals surface area contributed by atoms with Gasteiger partial charge in [0.05, 0.1) is 13.1 Å². The normalized spacial score (nSPS) is 11.1. The van der Waals surface area contributed by atoms with Crippen molar-refractivity contribution in [2.75, 3.05) is 7.05 Å². The van der Waals surface area contributed by atoms with Crippen molar-refractivity contribution in [3.8, 4) is 0 Å². The van der Waals surface area contributed by atoms with Crippen molar-refractivity contribution >= 4 is 52.6 Å². The number of aryl methyl sites for hydroxylation is 2. The van der Waals surface area contributed by atoms with E-state index >= 15 is 0 Å². The van der Waals surface area contributed by atoms with E-state index in [-0.39, 0.29) is 24.0 Å². The minimum Gasteiger partial charge on any atom is -0.352 e. The van der Waals surface area contributed by atoms with E-state index in [1.54, 1.807) is 29.7 Å². The number of nitrogens with one attached hydrogen (secondary N) is 2. The predicted molar refractivity (Wildman–Crippen MR) is 103 cm³/mol. The summed E-state index contributed by atoms with van der Waals surface area (Å²) in [6, 6.07) is 4.29. The van der Waals surface area contributed by atoms with E-state index in [1.165, 1.54) is 14.6 Å². The maximum atomic E-state index is 4.39. The molecule has 0 aliphatic rings. The third-order valence-electron chi connectivity index (χ3n) is 2.81. The Kier molecular flexibility index (Phi) is 8.20. The number of hydrogen-bond acceptors (Lipinski definition) is 4. The number of aromatic nitrogens is 1. The van der Waals surface area contributed by atoms with E-state index in [2.05, 4.69) is 46.6 Å². The van der Waals surface area contributed by atoms with E-state index < -0.39 is 0 Å². The molecule has 0 spiro atoms. The average Bonchev–Trinajstić information content (AvgIpc) is 3.08. The van der Waals surface area contributed by atoms with Crippen LogP contribution in [0.2, 0.25) is 0 Å². The number of aliphatic imine (C=N–C) groups is 1. The van der Waals surface area contributed by atoms with E-state index in [1.807, 2.05) is 6.20 Å². The fourth-order valence-electron chi connectivity index (χ4n) is 1.72.